The highest BCUT2D eigenvalue weighted by molar-refractivity contribution is 5.92. The Morgan fingerprint density at radius 3 is 2.32 bits per heavy atom. The van der Waals surface area contributed by atoms with Gasteiger partial charge in [0.1, 0.15) is 12.3 Å². The van der Waals surface area contributed by atoms with Gasteiger partial charge in [-0.1, -0.05) is 6.07 Å². The molecule has 0 unspecified atom stereocenters. The number of carbonyl (C=O) groups is 2. The summed E-state index contributed by atoms with van der Waals surface area (Å²) in [6.45, 7) is 3.53. The van der Waals surface area contributed by atoms with Gasteiger partial charge in [0.25, 0.3) is 0 Å². The largest absolute Gasteiger partial charge is 0.493 e. The highest BCUT2D eigenvalue weighted by atomic mass is 19.4. The quantitative estimate of drug-likeness (QED) is 0.295. The lowest BCUT2D eigenvalue weighted by Gasteiger charge is -2.31. The molecule has 13 heteroatoms. The zero-order chi connectivity index (χ0) is 31.5. The molecule has 3 aromatic rings. The molecule has 1 saturated heterocycles. The van der Waals surface area contributed by atoms with Crippen LogP contribution < -0.4 is 14.8 Å². The zero-order valence-electron chi connectivity index (χ0n) is 24.8. The fourth-order valence-electron chi connectivity index (χ4n) is 4.73. The Morgan fingerprint density at radius 1 is 0.955 bits per heavy atom. The fraction of sp³-hybridized carbons (Fsp3) is 0.419. The fourth-order valence-corrected chi connectivity index (χ4v) is 4.73. The molecule has 3 amide bonds. The lowest BCUT2D eigenvalue weighted by Crippen LogP contribution is -2.48. The maximum atomic E-state index is 13.7. The number of urea groups is 1. The van der Waals surface area contributed by atoms with Crippen LogP contribution in [0.3, 0.4) is 0 Å². The van der Waals surface area contributed by atoms with Crippen molar-refractivity contribution in [2.24, 2.45) is 0 Å². The van der Waals surface area contributed by atoms with E-state index in [1.54, 1.807) is 37.3 Å². The normalized spacial score (nSPS) is 13.8. The van der Waals surface area contributed by atoms with Gasteiger partial charge in [-0.25, -0.2) is 4.79 Å². The van der Waals surface area contributed by atoms with E-state index < -0.39 is 17.8 Å². The summed E-state index contributed by atoms with van der Waals surface area (Å²) in [5, 5.41) is 2.64. The molecule has 10 nitrogen and oxygen atoms in total. The summed E-state index contributed by atoms with van der Waals surface area (Å²) in [4.78, 5) is 32.3. The first kappa shape index (κ1) is 32.7. The van der Waals surface area contributed by atoms with Crippen molar-refractivity contribution in [3.05, 3.63) is 77.7 Å². The van der Waals surface area contributed by atoms with E-state index >= 15 is 0 Å². The molecule has 1 N–H and O–H groups in total. The van der Waals surface area contributed by atoms with Crippen LogP contribution in [-0.4, -0.2) is 93.3 Å². The minimum Gasteiger partial charge on any atom is -0.493 e. The Labute approximate surface area is 254 Å². The number of methoxy groups -OCH3 is 2. The first-order valence-electron chi connectivity index (χ1n) is 14.2. The van der Waals surface area contributed by atoms with Crippen molar-refractivity contribution in [3.63, 3.8) is 0 Å². The van der Waals surface area contributed by atoms with Gasteiger partial charge in [0, 0.05) is 38.4 Å². The SMILES string of the molecule is COc1ccc(CCN(Cc2ccco2)C(=O)CN(CCN2CCOCC2)C(=O)Nc2ccc(C(F)(F)F)cc2)cc1OC. The molecule has 238 valence electrons. The van der Waals surface area contributed by atoms with Crippen molar-refractivity contribution in [2.75, 3.05) is 72.0 Å². The highest BCUT2D eigenvalue weighted by Crippen LogP contribution is 2.30. The van der Waals surface area contributed by atoms with Crippen molar-refractivity contribution in [1.29, 1.82) is 0 Å². The molecular formula is C31H37F3N4O6. The molecule has 0 saturated carbocycles. The lowest BCUT2D eigenvalue weighted by atomic mass is 10.1. The molecule has 0 aliphatic carbocycles. The number of alkyl halides is 3. The summed E-state index contributed by atoms with van der Waals surface area (Å²) in [5.41, 5.74) is 0.287. The number of furan rings is 1. The number of rotatable bonds is 13. The summed E-state index contributed by atoms with van der Waals surface area (Å²) in [6.07, 6.45) is -2.47. The second-order valence-electron chi connectivity index (χ2n) is 10.2. The number of morpholine rings is 1. The van der Waals surface area contributed by atoms with Crippen LogP contribution in [-0.2, 0) is 28.7 Å². The van der Waals surface area contributed by atoms with Crippen molar-refractivity contribution in [1.82, 2.24) is 14.7 Å². The first-order chi connectivity index (χ1) is 21.2. The number of halogens is 3. The molecule has 44 heavy (non-hydrogen) atoms. The average molecular weight is 619 g/mol. The van der Waals surface area contributed by atoms with E-state index in [2.05, 4.69) is 10.2 Å². The molecule has 2 aromatic carbocycles. The number of hydrogen-bond acceptors (Lipinski definition) is 7. The third-order valence-corrected chi connectivity index (χ3v) is 7.26. The van der Waals surface area contributed by atoms with Crippen LogP contribution in [0.5, 0.6) is 11.5 Å². The molecule has 1 aliphatic rings. The van der Waals surface area contributed by atoms with Crippen LogP contribution in [0.25, 0.3) is 0 Å². The van der Waals surface area contributed by atoms with E-state index in [0.29, 0.717) is 63.1 Å². The molecule has 0 atom stereocenters. The number of anilines is 1. The number of carbonyl (C=O) groups excluding carboxylic acids is 2. The van der Waals surface area contributed by atoms with Crippen LogP contribution in [0.2, 0.25) is 0 Å². The van der Waals surface area contributed by atoms with Gasteiger partial charge in [0.15, 0.2) is 11.5 Å². The Balaban J connectivity index is 1.48. The lowest BCUT2D eigenvalue weighted by molar-refractivity contribution is -0.137. The number of benzene rings is 2. The van der Waals surface area contributed by atoms with E-state index in [1.165, 1.54) is 23.3 Å². The van der Waals surface area contributed by atoms with Crippen molar-refractivity contribution in [3.8, 4) is 11.5 Å². The third kappa shape index (κ3) is 9.38. The van der Waals surface area contributed by atoms with E-state index in [9.17, 15) is 22.8 Å². The summed E-state index contributed by atoms with van der Waals surface area (Å²) in [5.74, 6) is 1.43. The molecule has 0 radical (unpaired) electrons. The summed E-state index contributed by atoms with van der Waals surface area (Å²) in [6, 6.07) is 12.6. The van der Waals surface area contributed by atoms with Crippen molar-refractivity contribution < 1.29 is 41.4 Å². The van der Waals surface area contributed by atoms with Crippen LogP contribution in [0, 0.1) is 0 Å². The topological polar surface area (TPSA) is 96.7 Å². The predicted molar refractivity (Wildman–Crippen MR) is 157 cm³/mol. The second kappa shape index (κ2) is 15.5. The number of hydrogen-bond donors (Lipinski definition) is 1. The van der Waals surface area contributed by atoms with Crippen molar-refractivity contribution in [2.45, 2.75) is 19.1 Å². The maximum Gasteiger partial charge on any atom is 0.416 e. The molecule has 1 aliphatic heterocycles. The van der Waals surface area contributed by atoms with E-state index in [-0.39, 0.29) is 31.2 Å². The Bertz CT molecular complexity index is 1350. The van der Waals surface area contributed by atoms with Crippen LogP contribution in [0.4, 0.5) is 23.7 Å². The van der Waals surface area contributed by atoms with Gasteiger partial charge in [-0.2, -0.15) is 13.2 Å². The predicted octanol–water partition coefficient (Wildman–Crippen LogP) is 4.75. The van der Waals surface area contributed by atoms with Crippen molar-refractivity contribution >= 4 is 17.6 Å². The van der Waals surface area contributed by atoms with Crippen LogP contribution in [0.15, 0.2) is 65.3 Å². The summed E-state index contributed by atoms with van der Waals surface area (Å²) >= 11 is 0. The highest BCUT2D eigenvalue weighted by Gasteiger charge is 2.30. The van der Waals surface area contributed by atoms with E-state index in [1.807, 2.05) is 12.1 Å². The van der Waals surface area contributed by atoms with E-state index in [4.69, 9.17) is 18.6 Å². The summed E-state index contributed by atoms with van der Waals surface area (Å²) in [7, 11) is 3.11. The minimum absolute atomic E-state index is 0.188. The second-order valence-corrected chi connectivity index (χ2v) is 10.2. The number of nitrogens with zero attached hydrogens (tertiary/aromatic N) is 3. The molecule has 4 rings (SSSR count). The Hall–Kier alpha value is -4.23. The molecule has 0 spiro atoms. The molecule has 2 heterocycles. The van der Waals surface area contributed by atoms with Gasteiger partial charge in [-0.05, 0) is 60.5 Å². The number of ether oxygens (including phenoxy) is 3. The van der Waals surface area contributed by atoms with Crippen LogP contribution in [0.1, 0.15) is 16.9 Å². The van der Waals surface area contributed by atoms with Gasteiger partial charge in [-0.3, -0.25) is 9.69 Å². The van der Waals surface area contributed by atoms with Crippen LogP contribution >= 0.6 is 0 Å². The summed E-state index contributed by atoms with van der Waals surface area (Å²) < 4.78 is 60.7. The van der Waals surface area contributed by atoms with E-state index in [0.717, 1.165) is 17.7 Å². The number of nitrogens with one attached hydrogen (secondary N) is 1. The zero-order valence-corrected chi connectivity index (χ0v) is 24.8. The molecule has 1 fully saturated rings. The minimum atomic E-state index is -4.49. The first-order valence-corrected chi connectivity index (χ1v) is 14.2. The average Bonchev–Trinajstić information content (AvgIpc) is 3.54. The Kier molecular flexibility index (Phi) is 11.5. The Morgan fingerprint density at radius 2 is 1.68 bits per heavy atom. The third-order valence-electron chi connectivity index (χ3n) is 7.26. The smallest absolute Gasteiger partial charge is 0.416 e. The molecule has 0 bridgehead atoms. The molecular weight excluding hydrogens is 581 g/mol. The maximum absolute atomic E-state index is 13.7. The number of amides is 3. The molecule has 1 aromatic heterocycles. The monoisotopic (exact) mass is 618 g/mol. The van der Waals surface area contributed by atoms with Gasteiger partial charge < -0.3 is 33.7 Å². The standard InChI is InChI=1S/C31H37F3N4O6/c1-41-27-10-5-23(20-28(27)42-2)11-12-37(21-26-4-3-17-44-26)29(39)22-38(14-13-36-15-18-43-19-16-36)30(40)35-25-8-6-24(7-9-25)31(32,33)34/h3-10,17,20H,11-16,18-19,21-22H2,1-2H3,(H,35,40). The van der Waals surface area contributed by atoms with Gasteiger partial charge in [0.05, 0.1) is 45.8 Å². The van der Waals surface area contributed by atoms with Gasteiger partial charge >= 0.3 is 12.2 Å². The van der Waals surface area contributed by atoms with Gasteiger partial charge in [-0.15, -0.1) is 0 Å². The van der Waals surface area contributed by atoms with Gasteiger partial charge in [0.2, 0.25) is 5.91 Å².